The van der Waals surface area contributed by atoms with Gasteiger partial charge in [-0.2, -0.15) is 4.31 Å². The fraction of sp³-hybridized carbons (Fsp3) is 0.571. The summed E-state index contributed by atoms with van der Waals surface area (Å²) in [5.74, 6) is 0.834. The van der Waals surface area contributed by atoms with Crippen molar-refractivity contribution in [3.05, 3.63) is 18.2 Å². The lowest BCUT2D eigenvalue weighted by Crippen LogP contribution is -2.57. The van der Waals surface area contributed by atoms with E-state index in [-0.39, 0.29) is 17.0 Å². The molecule has 0 bridgehead atoms. The molecular weight excluding hydrogens is 292 g/mol. The van der Waals surface area contributed by atoms with Gasteiger partial charge in [-0.15, -0.1) is 0 Å². The van der Waals surface area contributed by atoms with Crippen molar-refractivity contribution < 1.29 is 17.9 Å². The normalized spacial score (nSPS) is 26.6. The Balaban J connectivity index is 2.02. The van der Waals surface area contributed by atoms with Gasteiger partial charge in [0.25, 0.3) is 0 Å². The number of rotatable bonds is 2. The molecule has 116 valence electrons. The number of piperazine rings is 1. The lowest BCUT2D eigenvalue weighted by Gasteiger charge is -2.37. The van der Waals surface area contributed by atoms with Gasteiger partial charge in [0.1, 0.15) is 18.1 Å². The summed E-state index contributed by atoms with van der Waals surface area (Å²) in [6, 6.07) is 5.02. The van der Waals surface area contributed by atoms with Gasteiger partial charge in [0, 0.05) is 25.2 Å². The summed E-state index contributed by atoms with van der Waals surface area (Å²) in [6.45, 7) is 5.83. The van der Waals surface area contributed by atoms with E-state index in [9.17, 15) is 8.42 Å². The maximum Gasteiger partial charge on any atom is 0.247 e. The van der Waals surface area contributed by atoms with Crippen molar-refractivity contribution in [2.24, 2.45) is 0 Å². The summed E-state index contributed by atoms with van der Waals surface area (Å²) >= 11 is 0. The molecule has 0 saturated carbocycles. The molecule has 2 atom stereocenters. The lowest BCUT2D eigenvalue weighted by molar-refractivity contribution is 0.166. The van der Waals surface area contributed by atoms with Gasteiger partial charge in [-0.05, 0) is 26.0 Å². The minimum absolute atomic E-state index is 0.107. The van der Waals surface area contributed by atoms with Crippen LogP contribution in [-0.4, -0.2) is 51.1 Å². The van der Waals surface area contributed by atoms with E-state index in [0.29, 0.717) is 37.8 Å². The number of nitrogens with one attached hydrogen (secondary N) is 1. The molecule has 1 aromatic carbocycles. The van der Waals surface area contributed by atoms with Gasteiger partial charge >= 0.3 is 0 Å². The Morgan fingerprint density at radius 3 is 2.81 bits per heavy atom. The molecule has 0 amide bonds. The number of fused-ring (bicyclic) bond motifs is 1. The van der Waals surface area contributed by atoms with Crippen LogP contribution in [0.15, 0.2) is 23.1 Å². The quantitative estimate of drug-likeness (QED) is 0.876. The zero-order chi connectivity index (χ0) is 15.0. The number of hydrogen-bond acceptors (Lipinski definition) is 5. The van der Waals surface area contributed by atoms with E-state index in [0.717, 1.165) is 0 Å². The number of para-hydroxylation sites is 1. The standard InChI is InChI=1S/C14H20N2O4S/c1-10-11(2)16(7-6-15-10)21(17,18)13-5-3-4-12-14(13)20-9-8-19-12/h3-5,10-11,15H,6-9H2,1-2H3. The highest BCUT2D eigenvalue weighted by Gasteiger charge is 2.37. The van der Waals surface area contributed by atoms with Crippen LogP contribution in [0.1, 0.15) is 13.8 Å². The van der Waals surface area contributed by atoms with Crippen molar-refractivity contribution in [3.63, 3.8) is 0 Å². The highest BCUT2D eigenvalue weighted by atomic mass is 32.2. The van der Waals surface area contributed by atoms with E-state index in [1.54, 1.807) is 22.5 Å². The Kier molecular flexibility index (Phi) is 3.81. The van der Waals surface area contributed by atoms with Gasteiger partial charge < -0.3 is 14.8 Å². The summed E-state index contributed by atoms with van der Waals surface area (Å²) in [5.41, 5.74) is 0. The summed E-state index contributed by atoms with van der Waals surface area (Å²) < 4.78 is 38.5. The molecule has 2 heterocycles. The summed E-state index contributed by atoms with van der Waals surface area (Å²) in [7, 11) is -3.60. The van der Waals surface area contributed by atoms with Crippen LogP contribution in [0, 0.1) is 0 Å². The van der Waals surface area contributed by atoms with Gasteiger partial charge in [-0.3, -0.25) is 0 Å². The Morgan fingerprint density at radius 2 is 2.00 bits per heavy atom. The molecule has 1 saturated heterocycles. The average molecular weight is 312 g/mol. The molecule has 1 fully saturated rings. The monoisotopic (exact) mass is 312 g/mol. The summed E-state index contributed by atoms with van der Waals surface area (Å²) in [5, 5.41) is 3.29. The van der Waals surface area contributed by atoms with Gasteiger partial charge in [0.15, 0.2) is 11.5 Å². The molecule has 0 aromatic heterocycles. The average Bonchev–Trinajstić information content (AvgIpc) is 2.49. The molecule has 2 unspecified atom stereocenters. The Bertz CT molecular complexity index is 632. The highest BCUT2D eigenvalue weighted by Crippen LogP contribution is 2.38. The van der Waals surface area contributed by atoms with E-state index in [1.807, 2.05) is 13.8 Å². The van der Waals surface area contributed by atoms with Gasteiger partial charge in [0.05, 0.1) is 0 Å². The SMILES string of the molecule is CC1NCCN(S(=O)(=O)c2cccc3c2OCCO3)C1C. The largest absolute Gasteiger partial charge is 0.486 e. The van der Waals surface area contributed by atoms with Crippen molar-refractivity contribution in [2.45, 2.75) is 30.8 Å². The van der Waals surface area contributed by atoms with Crippen LogP contribution in [0.2, 0.25) is 0 Å². The van der Waals surface area contributed by atoms with Gasteiger partial charge in [-0.1, -0.05) is 6.07 Å². The third-order valence-corrected chi connectivity index (χ3v) is 6.10. The number of benzene rings is 1. The number of sulfonamides is 1. The van der Waals surface area contributed by atoms with Crippen LogP contribution in [-0.2, 0) is 10.0 Å². The van der Waals surface area contributed by atoms with Crippen LogP contribution < -0.4 is 14.8 Å². The minimum atomic E-state index is -3.60. The molecule has 2 aliphatic heterocycles. The van der Waals surface area contributed by atoms with Crippen molar-refractivity contribution in [1.29, 1.82) is 0 Å². The first-order valence-corrected chi connectivity index (χ1v) is 8.59. The molecule has 7 heteroatoms. The molecule has 0 radical (unpaired) electrons. The lowest BCUT2D eigenvalue weighted by atomic mass is 10.1. The number of ether oxygens (including phenoxy) is 2. The Morgan fingerprint density at radius 1 is 1.24 bits per heavy atom. The second-order valence-electron chi connectivity index (χ2n) is 5.38. The molecule has 3 rings (SSSR count). The third kappa shape index (κ3) is 2.49. The van der Waals surface area contributed by atoms with E-state index >= 15 is 0 Å². The maximum absolute atomic E-state index is 13.0. The first kappa shape index (κ1) is 14.6. The summed E-state index contributed by atoms with van der Waals surface area (Å²) in [4.78, 5) is 0.195. The molecule has 0 aliphatic carbocycles. The predicted molar refractivity (Wildman–Crippen MR) is 78.3 cm³/mol. The van der Waals surface area contributed by atoms with Crippen LogP contribution >= 0.6 is 0 Å². The molecule has 1 aromatic rings. The van der Waals surface area contributed by atoms with Crippen LogP contribution in [0.5, 0.6) is 11.5 Å². The topological polar surface area (TPSA) is 67.9 Å². The number of nitrogens with zero attached hydrogens (tertiary/aromatic N) is 1. The fourth-order valence-corrected chi connectivity index (χ4v) is 4.59. The Labute approximate surface area is 125 Å². The smallest absolute Gasteiger partial charge is 0.247 e. The molecule has 1 N–H and O–H groups in total. The second-order valence-corrected chi connectivity index (χ2v) is 7.24. The molecule has 2 aliphatic rings. The van der Waals surface area contributed by atoms with E-state index < -0.39 is 10.0 Å². The summed E-state index contributed by atoms with van der Waals surface area (Å²) in [6.07, 6.45) is 0. The highest BCUT2D eigenvalue weighted by molar-refractivity contribution is 7.89. The zero-order valence-electron chi connectivity index (χ0n) is 12.2. The van der Waals surface area contributed by atoms with E-state index in [2.05, 4.69) is 5.32 Å². The van der Waals surface area contributed by atoms with Crippen molar-refractivity contribution in [3.8, 4) is 11.5 Å². The van der Waals surface area contributed by atoms with Crippen LogP contribution in [0.25, 0.3) is 0 Å². The van der Waals surface area contributed by atoms with Crippen molar-refractivity contribution in [2.75, 3.05) is 26.3 Å². The zero-order valence-corrected chi connectivity index (χ0v) is 13.0. The van der Waals surface area contributed by atoms with Gasteiger partial charge in [-0.25, -0.2) is 8.42 Å². The van der Waals surface area contributed by atoms with E-state index in [1.165, 1.54) is 0 Å². The van der Waals surface area contributed by atoms with Crippen molar-refractivity contribution >= 4 is 10.0 Å². The third-order valence-electron chi connectivity index (χ3n) is 4.09. The second kappa shape index (κ2) is 5.47. The molecule has 0 spiro atoms. The minimum Gasteiger partial charge on any atom is -0.486 e. The maximum atomic E-state index is 13.0. The predicted octanol–water partition coefficient (Wildman–Crippen LogP) is 0.829. The van der Waals surface area contributed by atoms with Gasteiger partial charge in [0.2, 0.25) is 10.0 Å². The van der Waals surface area contributed by atoms with E-state index in [4.69, 9.17) is 9.47 Å². The Hall–Kier alpha value is -1.31. The first-order chi connectivity index (χ1) is 10.0. The van der Waals surface area contributed by atoms with Crippen LogP contribution in [0.3, 0.4) is 0 Å². The molecule has 21 heavy (non-hydrogen) atoms. The van der Waals surface area contributed by atoms with Crippen molar-refractivity contribution in [1.82, 2.24) is 9.62 Å². The number of hydrogen-bond donors (Lipinski definition) is 1. The van der Waals surface area contributed by atoms with Crippen LogP contribution in [0.4, 0.5) is 0 Å². The molecule has 6 nitrogen and oxygen atoms in total. The fourth-order valence-electron chi connectivity index (χ4n) is 2.74. The molecular formula is C14H20N2O4S. The first-order valence-electron chi connectivity index (χ1n) is 7.15.